The average molecular weight is 282 g/mol. The quantitative estimate of drug-likeness (QED) is 0.804. The van der Waals surface area contributed by atoms with Crippen LogP contribution >= 0.6 is 0 Å². The average Bonchev–Trinajstić information content (AvgIpc) is 2.57. The van der Waals surface area contributed by atoms with Gasteiger partial charge < -0.3 is 5.32 Å². The van der Waals surface area contributed by atoms with Crippen LogP contribution < -0.4 is 5.32 Å². The van der Waals surface area contributed by atoms with Crippen LogP contribution in [0.2, 0.25) is 0 Å². The lowest BCUT2D eigenvalue weighted by atomic mass is 10.2. The van der Waals surface area contributed by atoms with E-state index in [0.717, 1.165) is 11.2 Å². The van der Waals surface area contributed by atoms with E-state index in [0.29, 0.717) is 5.69 Å². The predicted molar refractivity (Wildman–Crippen MR) is 69.4 cm³/mol. The lowest BCUT2D eigenvalue weighted by Crippen LogP contribution is -2.31. The number of carbonyl (C=O) groups is 2. The third-order valence-electron chi connectivity index (χ3n) is 3.00. The summed E-state index contributed by atoms with van der Waals surface area (Å²) in [5.74, 6) is -0.507. The van der Waals surface area contributed by atoms with E-state index in [1.54, 1.807) is 12.1 Å². The zero-order valence-electron chi connectivity index (χ0n) is 10.6. The Labute approximate surface area is 111 Å². The van der Waals surface area contributed by atoms with E-state index in [9.17, 15) is 18.0 Å². The summed E-state index contributed by atoms with van der Waals surface area (Å²) >= 11 is 0. The molecule has 0 spiro atoms. The van der Waals surface area contributed by atoms with Gasteiger partial charge in [-0.05, 0) is 24.3 Å². The number of hydrogen-bond donors (Lipinski definition) is 1. The van der Waals surface area contributed by atoms with Crippen molar-refractivity contribution in [3.8, 4) is 0 Å². The van der Waals surface area contributed by atoms with Crippen molar-refractivity contribution in [2.75, 3.05) is 18.6 Å². The molecule has 1 aliphatic heterocycles. The van der Waals surface area contributed by atoms with Crippen molar-refractivity contribution in [1.29, 1.82) is 0 Å². The Bertz CT molecular complexity index is 622. The van der Waals surface area contributed by atoms with Crippen LogP contribution in [0.5, 0.6) is 0 Å². The first-order valence-electron chi connectivity index (χ1n) is 5.66. The molecule has 0 aromatic heterocycles. The van der Waals surface area contributed by atoms with Gasteiger partial charge in [-0.2, -0.15) is 0 Å². The topological polar surface area (TPSA) is 83.6 Å². The van der Waals surface area contributed by atoms with E-state index in [4.69, 9.17) is 0 Å². The summed E-state index contributed by atoms with van der Waals surface area (Å²) in [5.41, 5.74) is 0.605. The van der Waals surface area contributed by atoms with Crippen molar-refractivity contribution < 1.29 is 18.0 Å². The van der Waals surface area contributed by atoms with Crippen molar-refractivity contribution in [1.82, 2.24) is 4.90 Å². The number of imide groups is 1. The maximum absolute atomic E-state index is 11.7. The van der Waals surface area contributed by atoms with Crippen LogP contribution in [0.4, 0.5) is 5.69 Å². The molecule has 1 N–H and O–H groups in total. The Balaban J connectivity index is 2.13. The summed E-state index contributed by atoms with van der Waals surface area (Å²) in [7, 11) is -1.79. The molecule has 1 unspecified atom stereocenters. The highest BCUT2D eigenvalue weighted by Crippen LogP contribution is 2.19. The minimum Gasteiger partial charge on any atom is -0.373 e. The maximum atomic E-state index is 11.7. The molecule has 1 aromatic rings. The number of anilines is 1. The first kappa shape index (κ1) is 13.5. The summed E-state index contributed by atoms with van der Waals surface area (Å²) in [6.07, 6.45) is 1.24. The minimum atomic E-state index is -3.23. The molecule has 1 saturated heterocycles. The highest BCUT2D eigenvalue weighted by molar-refractivity contribution is 7.90. The molecular weight excluding hydrogens is 268 g/mol. The third kappa shape index (κ3) is 2.76. The standard InChI is InChI=1S/C12H14N2O4S/c1-14-11(15)7-10(12(14)16)13-8-3-5-9(6-4-8)19(2,17)18/h3-6,10,13H,7H2,1-2H3. The zero-order valence-corrected chi connectivity index (χ0v) is 11.4. The second kappa shape index (κ2) is 4.65. The van der Waals surface area contributed by atoms with Gasteiger partial charge in [0.1, 0.15) is 6.04 Å². The van der Waals surface area contributed by atoms with Gasteiger partial charge in [-0.25, -0.2) is 8.42 Å². The zero-order chi connectivity index (χ0) is 14.2. The maximum Gasteiger partial charge on any atom is 0.251 e. The number of amides is 2. The second-order valence-corrected chi connectivity index (χ2v) is 6.50. The fourth-order valence-electron chi connectivity index (χ4n) is 1.87. The SMILES string of the molecule is CN1C(=O)CC(Nc2ccc(S(C)(=O)=O)cc2)C1=O. The van der Waals surface area contributed by atoms with Crippen LogP contribution in [0, 0.1) is 0 Å². The Hall–Kier alpha value is -1.89. The van der Waals surface area contributed by atoms with E-state index in [-0.39, 0.29) is 23.1 Å². The van der Waals surface area contributed by atoms with Gasteiger partial charge in [0.15, 0.2) is 9.84 Å². The summed E-state index contributed by atoms with van der Waals surface area (Å²) in [6.45, 7) is 0. The van der Waals surface area contributed by atoms with Crippen LogP contribution in [0.3, 0.4) is 0 Å². The normalized spacial score (nSPS) is 19.9. The molecule has 1 fully saturated rings. The third-order valence-corrected chi connectivity index (χ3v) is 4.13. The first-order valence-corrected chi connectivity index (χ1v) is 7.55. The molecule has 2 amide bonds. The number of hydrogen-bond acceptors (Lipinski definition) is 5. The molecule has 0 radical (unpaired) electrons. The number of nitrogens with zero attached hydrogens (tertiary/aromatic N) is 1. The van der Waals surface area contributed by atoms with Gasteiger partial charge in [-0.1, -0.05) is 0 Å². The van der Waals surface area contributed by atoms with E-state index >= 15 is 0 Å². The highest BCUT2D eigenvalue weighted by Gasteiger charge is 2.35. The number of nitrogens with one attached hydrogen (secondary N) is 1. The molecule has 1 aliphatic rings. The number of rotatable bonds is 3. The lowest BCUT2D eigenvalue weighted by Gasteiger charge is -2.12. The molecule has 1 aromatic carbocycles. The molecule has 19 heavy (non-hydrogen) atoms. The molecule has 0 aliphatic carbocycles. The van der Waals surface area contributed by atoms with Crippen molar-refractivity contribution in [3.63, 3.8) is 0 Å². The molecule has 1 heterocycles. The van der Waals surface area contributed by atoms with Gasteiger partial charge in [-0.15, -0.1) is 0 Å². The fraction of sp³-hybridized carbons (Fsp3) is 0.333. The molecule has 7 heteroatoms. The Kier molecular flexibility index (Phi) is 3.32. The van der Waals surface area contributed by atoms with E-state index in [1.165, 1.54) is 19.2 Å². The Morgan fingerprint density at radius 3 is 2.21 bits per heavy atom. The number of likely N-dealkylation sites (tertiary alicyclic amines) is 1. The van der Waals surface area contributed by atoms with Gasteiger partial charge in [0.25, 0.3) is 5.91 Å². The van der Waals surface area contributed by atoms with Crippen LogP contribution in [-0.4, -0.2) is 44.5 Å². The van der Waals surface area contributed by atoms with E-state index < -0.39 is 15.9 Å². The van der Waals surface area contributed by atoms with Crippen molar-refractivity contribution in [2.24, 2.45) is 0 Å². The number of benzene rings is 1. The second-order valence-electron chi connectivity index (χ2n) is 4.49. The van der Waals surface area contributed by atoms with Crippen molar-refractivity contribution >= 4 is 27.3 Å². The largest absolute Gasteiger partial charge is 0.373 e. The van der Waals surface area contributed by atoms with E-state index in [1.807, 2.05) is 0 Å². The summed E-state index contributed by atoms with van der Waals surface area (Å²) < 4.78 is 22.6. The fourth-order valence-corrected chi connectivity index (χ4v) is 2.50. The Morgan fingerprint density at radius 1 is 1.21 bits per heavy atom. The summed E-state index contributed by atoms with van der Waals surface area (Å²) in [6, 6.07) is 5.49. The molecule has 0 bridgehead atoms. The van der Waals surface area contributed by atoms with Crippen LogP contribution in [-0.2, 0) is 19.4 Å². The Morgan fingerprint density at radius 2 is 1.79 bits per heavy atom. The monoisotopic (exact) mass is 282 g/mol. The van der Waals surface area contributed by atoms with Gasteiger partial charge >= 0.3 is 0 Å². The van der Waals surface area contributed by atoms with Gasteiger partial charge in [0.05, 0.1) is 11.3 Å². The molecule has 102 valence electrons. The van der Waals surface area contributed by atoms with Crippen LogP contribution in [0.25, 0.3) is 0 Å². The molecule has 2 rings (SSSR count). The van der Waals surface area contributed by atoms with Gasteiger partial charge in [0.2, 0.25) is 5.91 Å². The highest BCUT2D eigenvalue weighted by atomic mass is 32.2. The summed E-state index contributed by atoms with van der Waals surface area (Å²) in [4.78, 5) is 24.3. The lowest BCUT2D eigenvalue weighted by molar-refractivity contribution is -0.136. The van der Waals surface area contributed by atoms with E-state index in [2.05, 4.69) is 5.32 Å². The predicted octanol–water partition coefficient (Wildman–Crippen LogP) is 0.259. The first-order chi connectivity index (χ1) is 8.79. The van der Waals surface area contributed by atoms with Crippen LogP contribution in [0.1, 0.15) is 6.42 Å². The number of likely N-dealkylation sites (N-methyl/N-ethyl adjacent to an activating group) is 1. The van der Waals surface area contributed by atoms with Gasteiger partial charge in [-0.3, -0.25) is 14.5 Å². The molecule has 6 nitrogen and oxygen atoms in total. The summed E-state index contributed by atoms with van der Waals surface area (Å²) in [5, 5.41) is 2.92. The smallest absolute Gasteiger partial charge is 0.251 e. The van der Waals surface area contributed by atoms with Crippen molar-refractivity contribution in [3.05, 3.63) is 24.3 Å². The van der Waals surface area contributed by atoms with Crippen molar-refractivity contribution in [2.45, 2.75) is 17.4 Å². The number of carbonyl (C=O) groups excluding carboxylic acids is 2. The molecular formula is C12H14N2O4S. The van der Waals surface area contributed by atoms with Gasteiger partial charge in [0, 0.05) is 19.0 Å². The molecule has 1 atom stereocenters. The minimum absolute atomic E-state index is 0.114. The van der Waals surface area contributed by atoms with Crippen LogP contribution in [0.15, 0.2) is 29.2 Å². The molecule has 0 saturated carbocycles. The number of sulfone groups is 1.